The van der Waals surface area contributed by atoms with E-state index in [0.717, 1.165) is 145 Å². The lowest BCUT2D eigenvalue weighted by Gasteiger charge is -2.44. The molecule has 141 heavy (non-hydrogen) atoms. The summed E-state index contributed by atoms with van der Waals surface area (Å²) in [5.74, 6) is 0.797. The number of allylic oxidation sites excluding steroid dienone is 30. The number of hydrogen-bond donors (Lipinski definition) is 10. The van der Waals surface area contributed by atoms with Gasteiger partial charge >= 0.3 is 17.9 Å². The quantitative estimate of drug-likeness (QED) is 0.00636. The number of phenolic OH excluding ortho intramolecular Hbond substituents is 3. The zero-order valence-electron chi connectivity index (χ0n) is 85.5. The fourth-order valence-corrected chi connectivity index (χ4v) is 19.6. The van der Waals surface area contributed by atoms with Crippen LogP contribution in [0.2, 0.25) is 0 Å². The van der Waals surface area contributed by atoms with Crippen LogP contribution in [0, 0.1) is 47.8 Å². The van der Waals surface area contributed by atoms with E-state index in [9.17, 15) is 69.6 Å². The average molecular weight is 1940 g/mol. The molecule has 2 saturated carbocycles. The highest BCUT2D eigenvalue weighted by Gasteiger charge is 2.61. The van der Waals surface area contributed by atoms with Crippen LogP contribution in [0.15, 0.2) is 242 Å². The Bertz CT molecular complexity index is 5050. The third-order valence-corrected chi connectivity index (χ3v) is 27.6. The lowest BCUT2D eigenvalue weighted by molar-refractivity contribution is -0.242. The second kappa shape index (κ2) is 60.4. The Kier molecular flexibility index (Phi) is 50.1. The summed E-state index contributed by atoms with van der Waals surface area (Å²) >= 11 is 0. The number of carboxylic acid groups (broad SMARTS) is 2. The number of carboxylic acids is 2. The number of methoxy groups -OCH3 is 2. The molecule has 768 valence electrons. The molecule has 10 N–H and O–H groups in total. The Balaban J connectivity index is 0.000000232. The van der Waals surface area contributed by atoms with Crippen LogP contribution >= 0.6 is 0 Å². The molecule has 0 spiro atoms. The van der Waals surface area contributed by atoms with E-state index in [-0.39, 0.29) is 102 Å². The predicted molar refractivity (Wildman–Crippen MR) is 561 cm³/mol. The lowest BCUT2D eigenvalue weighted by Crippen LogP contribution is -2.54. The van der Waals surface area contributed by atoms with Crippen LogP contribution in [-0.4, -0.2) is 162 Å². The number of unbranched alkanes of at least 4 members (excludes halogenated alkanes) is 1. The first kappa shape index (κ1) is 117. The first-order chi connectivity index (χ1) is 67.5. The number of rotatable bonds is 38. The second-order valence-corrected chi connectivity index (χ2v) is 38.8. The van der Waals surface area contributed by atoms with E-state index in [1.165, 1.54) is 60.8 Å². The van der Waals surface area contributed by atoms with Gasteiger partial charge < -0.3 is 79.5 Å². The summed E-state index contributed by atoms with van der Waals surface area (Å²) in [6, 6.07) is 9.34. The van der Waals surface area contributed by atoms with Crippen molar-refractivity contribution in [2.24, 2.45) is 40.9 Å². The van der Waals surface area contributed by atoms with Crippen molar-refractivity contribution in [1.82, 2.24) is 0 Å². The zero-order valence-corrected chi connectivity index (χ0v) is 85.5. The van der Waals surface area contributed by atoms with Crippen LogP contribution in [0.1, 0.15) is 287 Å². The van der Waals surface area contributed by atoms with Gasteiger partial charge in [-0.25, -0.2) is 4.79 Å². The number of benzene rings is 3. The summed E-state index contributed by atoms with van der Waals surface area (Å²) in [6.07, 6.45) is 77.0. The van der Waals surface area contributed by atoms with Crippen molar-refractivity contribution in [3.8, 4) is 34.5 Å². The topological polar surface area (TPSA) is 363 Å². The minimum atomic E-state index is -1.40. The molecule has 0 amide bonds. The van der Waals surface area contributed by atoms with Gasteiger partial charge in [-0.2, -0.15) is 0 Å². The molecule has 3 aromatic carbocycles. The van der Waals surface area contributed by atoms with Crippen molar-refractivity contribution in [2.45, 2.75) is 315 Å². The number of aliphatic hydroxyl groups is 5. The molecule has 9 aliphatic rings. The van der Waals surface area contributed by atoms with Crippen molar-refractivity contribution in [2.75, 3.05) is 20.8 Å². The summed E-state index contributed by atoms with van der Waals surface area (Å²) in [6.45, 7) is 30.9. The molecule has 6 aliphatic carbocycles. The van der Waals surface area contributed by atoms with Gasteiger partial charge in [0.2, 0.25) is 6.29 Å². The van der Waals surface area contributed by atoms with E-state index in [4.69, 9.17) is 38.6 Å². The van der Waals surface area contributed by atoms with Crippen molar-refractivity contribution >= 4 is 47.4 Å². The number of Topliss-reactive ketones (excluding diaryl/α,β-unsaturated/α-hetero) is 1. The van der Waals surface area contributed by atoms with Gasteiger partial charge in [0.1, 0.15) is 24.4 Å². The maximum Gasteiger partial charge on any atom is 0.334 e. The fourth-order valence-electron chi connectivity index (χ4n) is 19.6. The number of epoxide rings is 1. The van der Waals surface area contributed by atoms with Crippen LogP contribution in [0.5, 0.6) is 34.5 Å². The third-order valence-electron chi connectivity index (χ3n) is 27.6. The van der Waals surface area contributed by atoms with Crippen molar-refractivity contribution in [3.63, 3.8) is 0 Å². The first-order valence-electron chi connectivity index (χ1n) is 50.6. The summed E-state index contributed by atoms with van der Waals surface area (Å²) in [4.78, 5) is 68.1. The van der Waals surface area contributed by atoms with Gasteiger partial charge in [0, 0.05) is 47.6 Å². The molecule has 19 atom stereocenters. The fraction of sp³-hybridized carbons (Fsp3) is 0.496. The average Bonchev–Trinajstić information content (AvgIpc) is 1.72. The van der Waals surface area contributed by atoms with Crippen LogP contribution < -0.4 is 14.2 Å². The summed E-state index contributed by atoms with van der Waals surface area (Å²) in [5, 5.41) is 98.6. The Morgan fingerprint density at radius 3 is 1.58 bits per heavy atom. The van der Waals surface area contributed by atoms with E-state index in [1.807, 2.05) is 32.1 Å². The van der Waals surface area contributed by atoms with Crippen LogP contribution in [0.25, 0.3) is 12.2 Å². The lowest BCUT2D eigenvalue weighted by atomic mass is 9.62. The zero-order chi connectivity index (χ0) is 103. The predicted octanol–water partition coefficient (Wildman–Crippen LogP) is 24.0. The standard InChI is InChI=1S/C25H36O6.C22H32O2.C21H20O6.C20H30O2.C16H22O2.C15H20O4/c1-11(2)8-15-9-13(4)16-7-6-12(3)18-20(16)19(15)14(5)21(27)24(18)31-25-23(29)22(28)17(26)10-30-25;1-2-3-4-5-6-7-8-9-10-11-12-13-14-15-16-17-18-19-20-21-22(23)24;1-26-20-11-14(5-9-18(20)24)3-7-16(22)13-17(23)8-4-15-6-10-19(25)21(12-15)27-2;1-2-3-4-5-6-7-8-9-10-11-12-13-14-15-16-17-18-19-20(21)22;1-10-5-4-8-16(3)15(18-16)13-9-14(17)11(2)12(13)7-6-10;1-7-6-10-12(8(2)14(18)19-10)13(17)15(3)9(7)4-5-11(15)16/h8,12-13,15-17,22-23,25-29H,6-7,9-10H2,1-5H3;3-4,6-7,9-10,12-13,15-16,18-19H,2,5,8,11,14,17,20-21H2,1H3,(H,23,24);3-12,24-25H,13H2,1-2H3;3-4,6-7,9-10,12-13,15-16H,2,5,8,11,14,17-19H2,1H3,(H,21,22);5,12-13,15H,2,4,6-9H2,1,3H3;4-5,7,9-13,16-17H,2,6H2,1,3H3/b;4-3-,7-6-,10-9-,13-12-,16-15-,19-18-;7-3+,8-4+;4-3-,7-6-,10-9-,13-12-,16-15-;10-5+;/t12-,13-,15+,16+,17?,22?,23?,25?;;;;12?,13?,15-,16-;7-,9+,10?,11?,12?,13+,15+/m1...11/s1. The maximum absolute atomic E-state index is 11.9. The molecular formula is C119H160O22. The highest BCUT2D eigenvalue weighted by atomic mass is 16.7. The van der Waals surface area contributed by atoms with E-state index >= 15 is 0 Å². The number of esters is 1. The number of phenols is 3. The number of carbonyl (C=O) groups excluding carboxylic acids is 4. The molecule has 22 heteroatoms. The normalized spacial score (nSPS) is 27.6. The molecule has 0 radical (unpaired) electrons. The molecule has 3 aliphatic heterocycles. The monoisotopic (exact) mass is 1940 g/mol. The number of ether oxygens (including phenoxy) is 6. The van der Waals surface area contributed by atoms with E-state index < -0.39 is 66.1 Å². The van der Waals surface area contributed by atoms with Crippen LogP contribution in [0.4, 0.5) is 0 Å². The minimum Gasteiger partial charge on any atom is -0.504 e. The minimum absolute atomic E-state index is 0.00662. The number of carbonyl (C=O) groups is 6. The smallest absolute Gasteiger partial charge is 0.334 e. The molecule has 12 rings (SSSR count). The number of hydrogen-bond acceptors (Lipinski definition) is 20. The highest BCUT2D eigenvalue weighted by molar-refractivity contribution is 6.11. The van der Waals surface area contributed by atoms with Crippen LogP contribution in [0.3, 0.4) is 0 Å². The van der Waals surface area contributed by atoms with Crippen molar-refractivity contribution in [1.29, 1.82) is 0 Å². The number of aliphatic hydroxyl groups excluding tert-OH is 5. The molecule has 0 bridgehead atoms. The Morgan fingerprint density at radius 2 is 1.09 bits per heavy atom. The summed E-state index contributed by atoms with van der Waals surface area (Å²) < 4.78 is 32.9. The Hall–Kier alpha value is -11.1. The number of fused-ring (bicyclic) bond motifs is 5. The van der Waals surface area contributed by atoms with Gasteiger partial charge in [0.25, 0.3) is 0 Å². The highest BCUT2D eigenvalue weighted by Crippen LogP contribution is 2.60. The van der Waals surface area contributed by atoms with Gasteiger partial charge in [-0.3, -0.25) is 24.0 Å². The van der Waals surface area contributed by atoms with Gasteiger partial charge in [0.15, 0.2) is 51.8 Å². The van der Waals surface area contributed by atoms with Crippen molar-refractivity contribution in [3.05, 3.63) is 275 Å². The van der Waals surface area contributed by atoms with Gasteiger partial charge in [0.05, 0.1) is 57.1 Å². The van der Waals surface area contributed by atoms with Gasteiger partial charge in [-0.15, -0.1) is 0 Å². The molecule has 3 aromatic rings. The number of aliphatic carboxylic acids is 2. The van der Waals surface area contributed by atoms with Crippen LogP contribution in [-0.2, 0) is 43.0 Å². The SMILES string of the molecule is C=C1C(=O)CC2C1CC/C(C)=C/CC[C@@]1(C)O[C@H]21.C=C1C(=O)OC2C[C@@H](C)[C@@H]3C=CC(O)[C@@]3(C)[C@@H](O)C12.CC(C)=C[C@H]1C[C@@H](C)[C@@H]2CC[C@@H](C)c3c(OC4OCC(O)C(O)C4O)c(O)c(C)c1c32.CC/C=C\C/C=C\C/C=C\C/C=C\C/C=C\C/C=C\CCC(=O)O.CC/C=C\C/C=C\C/C=C\C/C=C\C/C=C\CCCC(=O)O.COc1cc(/C=C/C(=O)CC(=O)/C=C/c2ccc(O)c(OC)c2)ccc1O. The largest absolute Gasteiger partial charge is 0.504 e. The molecule has 0 aromatic heterocycles. The first-order valence-corrected chi connectivity index (χ1v) is 50.6. The summed E-state index contributed by atoms with van der Waals surface area (Å²) in [7, 11) is 2.87. The molecule has 22 nitrogen and oxygen atoms in total. The number of ketones is 3. The summed E-state index contributed by atoms with van der Waals surface area (Å²) in [5.41, 5.74) is 8.90. The Morgan fingerprint density at radius 1 is 0.582 bits per heavy atom. The Labute approximate surface area is 838 Å². The third kappa shape index (κ3) is 36.4. The van der Waals surface area contributed by atoms with E-state index in [2.05, 4.69) is 209 Å². The molecule has 3 heterocycles. The maximum atomic E-state index is 11.9. The molecule has 3 saturated heterocycles. The molecular weight excluding hydrogens is 1780 g/mol. The van der Waals surface area contributed by atoms with E-state index in [1.54, 1.807) is 42.5 Å². The van der Waals surface area contributed by atoms with Gasteiger partial charge in [-0.05, 0) is 281 Å². The second-order valence-electron chi connectivity index (χ2n) is 38.8. The van der Waals surface area contributed by atoms with Crippen molar-refractivity contribution < 1.29 is 108 Å². The van der Waals surface area contributed by atoms with E-state index in [0.29, 0.717) is 76.9 Å². The number of aromatic hydroxyl groups is 3. The molecule has 5 fully saturated rings. The molecule has 9 unspecified atom stereocenters. The van der Waals surface area contributed by atoms with Gasteiger partial charge in [-0.1, -0.05) is 248 Å².